The van der Waals surface area contributed by atoms with E-state index in [2.05, 4.69) is 36.3 Å². The van der Waals surface area contributed by atoms with Crippen LogP contribution in [0.3, 0.4) is 0 Å². The summed E-state index contributed by atoms with van der Waals surface area (Å²) in [5.74, 6) is 1.77. The van der Waals surface area contributed by atoms with E-state index in [0.717, 1.165) is 5.69 Å². The molecule has 0 fully saturated rings. The molecule has 1 amide bonds. The summed E-state index contributed by atoms with van der Waals surface area (Å²) < 4.78 is 10.3. The lowest BCUT2D eigenvalue weighted by Gasteiger charge is -2.07. The molecule has 4 aromatic heterocycles. The smallest absolute Gasteiger partial charge is 0.273 e. The van der Waals surface area contributed by atoms with Crippen LogP contribution in [-0.4, -0.2) is 39.3 Å². The Hall–Kier alpha value is -4.21. The Labute approximate surface area is 165 Å². The van der Waals surface area contributed by atoms with Gasteiger partial charge in [-0.25, -0.2) is 0 Å². The summed E-state index contributed by atoms with van der Waals surface area (Å²) >= 11 is 0. The molecule has 0 aliphatic carbocycles. The highest BCUT2D eigenvalue weighted by atomic mass is 16.5. The number of anilines is 3. The third-order valence-corrected chi connectivity index (χ3v) is 3.82. The predicted octanol–water partition coefficient (Wildman–Crippen LogP) is 2.71. The monoisotopic (exact) mass is 391 g/mol. The van der Waals surface area contributed by atoms with Crippen LogP contribution in [-0.2, 0) is 0 Å². The molecule has 0 radical (unpaired) electrons. The molecule has 4 heterocycles. The molecule has 0 unspecified atom stereocenters. The van der Waals surface area contributed by atoms with E-state index in [1.165, 1.54) is 12.3 Å². The molecule has 0 atom stereocenters. The molecule has 4 aromatic rings. The van der Waals surface area contributed by atoms with Gasteiger partial charge in [0, 0.05) is 25.4 Å². The van der Waals surface area contributed by atoms with Gasteiger partial charge in [-0.2, -0.15) is 0 Å². The average molecular weight is 391 g/mol. The maximum Gasteiger partial charge on any atom is 0.273 e. The van der Waals surface area contributed by atoms with Gasteiger partial charge in [0.05, 0.1) is 18.1 Å². The van der Waals surface area contributed by atoms with E-state index in [-0.39, 0.29) is 11.6 Å². The molecule has 0 bridgehead atoms. The molecule has 0 spiro atoms. The molecule has 0 saturated heterocycles. The number of hydrogen-bond donors (Lipinski definition) is 3. The van der Waals surface area contributed by atoms with Crippen LogP contribution in [0, 0.1) is 0 Å². The normalized spacial score (nSPS) is 10.5. The van der Waals surface area contributed by atoms with Crippen molar-refractivity contribution in [2.75, 3.05) is 23.7 Å². The average Bonchev–Trinajstić information content (AvgIpc) is 3.45. The van der Waals surface area contributed by atoms with Crippen molar-refractivity contribution in [2.45, 2.75) is 0 Å². The van der Waals surface area contributed by atoms with E-state index in [4.69, 9.17) is 8.94 Å². The van der Waals surface area contributed by atoms with Crippen molar-refractivity contribution in [3.8, 4) is 11.5 Å². The maximum atomic E-state index is 12.1. The van der Waals surface area contributed by atoms with Gasteiger partial charge in [-0.3, -0.25) is 9.78 Å². The largest absolute Gasteiger partial charge is 0.461 e. The fourth-order valence-corrected chi connectivity index (χ4v) is 2.45. The third kappa shape index (κ3) is 4.75. The van der Waals surface area contributed by atoms with Crippen LogP contribution in [0.25, 0.3) is 11.5 Å². The zero-order chi connectivity index (χ0) is 19.9. The number of hydrogen-bond acceptors (Lipinski definition) is 9. The summed E-state index contributed by atoms with van der Waals surface area (Å²) in [7, 11) is 0. The van der Waals surface area contributed by atoms with Gasteiger partial charge in [-0.05, 0) is 36.4 Å². The van der Waals surface area contributed by atoms with Crippen LogP contribution >= 0.6 is 0 Å². The number of nitrogens with zero attached hydrogens (tertiary/aromatic N) is 4. The van der Waals surface area contributed by atoms with E-state index in [1.807, 2.05) is 12.1 Å². The molecule has 0 saturated carbocycles. The first-order chi connectivity index (χ1) is 14.3. The second-order valence-corrected chi connectivity index (χ2v) is 5.91. The number of aromatic nitrogens is 4. The highest BCUT2D eigenvalue weighted by Crippen LogP contribution is 2.20. The van der Waals surface area contributed by atoms with E-state index >= 15 is 0 Å². The Morgan fingerprint density at radius 3 is 2.66 bits per heavy atom. The van der Waals surface area contributed by atoms with E-state index in [9.17, 15) is 4.79 Å². The van der Waals surface area contributed by atoms with Crippen molar-refractivity contribution < 1.29 is 13.7 Å². The number of carbonyl (C=O) groups is 1. The summed E-state index contributed by atoms with van der Waals surface area (Å²) in [6, 6.07) is 12.3. The quantitative estimate of drug-likeness (QED) is 0.388. The van der Waals surface area contributed by atoms with Gasteiger partial charge in [0.2, 0.25) is 5.76 Å². The molecule has 10 heteroatoms. The van der Waals surface area contributed by atoms with Gasteiger partial charge in [-0.1, -0.05) is 5.16 Å². The SMILES string of the molecule is O=C(NCCNc1ccc(Nc2cccnc2)nn1)c1cc(-c2ccco2)on1. The third-order valence-electron chi connectivity index (χ3n) is 3.82. The summed E-state index contributed by atoms with van der Waals surface area (Å²) in [6.07, 6.45) is 4.92. The molecule has 29 heavy (non-hydrogen) atoms. The zero-order valence-electron chi connectivity index (χ0n) is 15.2. The van der Waals surface area contributed by atoms with E-state index in [1.54, 1.807) is 36.7 Å². The van der Waals surface area contributed by atoms with E-state index in [0.29, 0.717) is 36.2 Å². The van der Waals surface area contributed by atoms with Gasteiger partial charge >= 0.3 is 0 Å². The van der Waals surface area contributed by atoms with Crippen LogP contribution in [0.2, 0.25) is 0 Å². The van der Waals surface area contributed by atoms with Crippen LogP contribution in [0.15, 0.2) is 70.1 Å². The first-order valence-corrected chi connectivity index (χ1v) is 8.81. The van der Waals surface area contributed by atoms with Crippen molar-refractivity contribution in [1.82, 2.24) is 25.7 Å². The highest BCUT2D eigenvalue weighted by Gasteiger charge is 2.14. The minimum Gasteiger partial charge on any atom is -0.461 e. The van der Waals surface area contributed by atoms with Gasteiger partial charge in [0.25, 0.3) is 5.91 Å². The lowest BCUT2D eigenvalue weighted by Crippen LogP contribution is -2.29. The zero-order valence-corrected chi connectivity index (χ0v) is 15.2. The molecule has 0 aliphatic heterocycles. The molecular formula is C19H17N7O3. The second kappa shape index (κ2) is 8.65. The molecule has 146 valence electrons. The molecule has 0 aromatic carbocycles. The van der Waals surface area contributed by atoms with Gasteiger partial charge in [0.15, 0.2) is 17.3 Å². The number of carbonyl (C=O) groups excluding carboxylic acids is 1. The Morgan fingerprint density at radius 2 is 1.90 bits per heavy atom. The minimum absolute atomic E-state index is 0.182. The molecule has 0 aliphatic rings. The van der Waals surface area contributed by atoms with Crippen molar-refractivity contribution in [1.29, 1.82) is 0 Å². The van der Waals surface area contributed by atoms with Crippen molar-refractivity contribution in [3.63, 3.8) is 0 Å². The van der Waals surface area contributed by atoms with Crippen LogP contribution in [0.4, 0.5) is 17.3 Å². The fourth-order valence-electron chi connectivity index (χ4n) is 2.45. The lowest BCUT2D eigenvalue weighted by atomic mass is 10.3. The summed E-state index contributed by atoms with van der Waals surface area (Å²) in [4.78, 5) is 16.1. The van der Waals surface area contributed by atoms with Gasteiger partial charge in [0.1, 0.15) is 5.82 Å². The predicted molar refractivity (Wildman–Crippen MR) is 105 cm³/mol. The Morgan fingerprint density at radius 1 is 1.00 bits per heavy atom. The van der Waals surface area contributed by atoms with Gasteiger partial charge in [-0.15, -0.1) is 10.2 Å². The Balaban J connectivity index is 1.22. The van der Waals surface area contributed by atoms with Crippen LogP contribution < -0.4 is 16.0 Å². The van der Waals surface area contributed by atoms with Gasteiger partial charge < -0.3 is 24.9 Å². The lowest BCUT2D eigenvalue weighted by molar-refractivity contribution is 0.0946. The first kappa shape index (κ1) is 18.2. The molecule has 10 nitrogen and oxygen atoms in total. The highest BCUT2D eigenvalue weighted by molar-refractivity contribution is 5.92. The second-order valence-electron chi connectivity index (χ2n) is 5.91. The summed E-state index contributed by atoms with van der Waals surface area (Å²) in [6.45, 7) is 0.845. The fraction of sp³-hybridized carbons (Fsp3) is 0.105. The Bertz CT molecular complexity index is 1050. The number of amides is 1. The molecular weight excluding hydrogens is 374 g/mol. The number of pyridine rings is 1. The molecule has 3 N–H and O–H groups in total. The number of nitrogens with one attached hydrogen (secondary N) is 3. The van der Waals surface area contributed by atoms with E-state index < -0.39 is 0 Å². The van der Waals surface area contributed by atoms with Crippen LogP contribution in [0.5, 0.6) is 0 Å². The number of rotatable bonds is 8. The maximum absolute atomic E-state index is 12.1. The standard InChI is InChI=1S/C19H17N7O3/c27-19(14-11-16(29-26-14)15-4-2-10-28-15)22-9-8-21-17-5-6-18(25-24-17)23-13-3-1-7-20-12-13/h1-7,10-12H,8-9H2,(H,21,24)(H,22,27)(H,23,25). The summed E-state index contributed by atoms with van der Waals surface area (Å²) in [5, 5.41) is 20.9. The topological polar surface area (TPSA) is 131 Å². The minimum atomic E-state index is -0.338. The molecule has 4 rings (SSSR count). The Kier molecular flexibility index (Phi) is 5.42. The van der Waals surface area contributed by atoms with Crippen molar-refractivity contribution >= 4 is 23.2 Å². The first-order valence-electron chi connectivity index (χ1n) is 8.81. The number of furan rings is 1. The van der Waals surface area contributed by atoms with Crippen LogP contribution in [0.1, 0.15) is 10.5 Å². The van der Waals surface area contributed by atoms with Crippen molar-refractivity contribution in [3.05, 3.63) is 66.8 Å². The van der Waals surface area contributed by atoms with Crippen molar-refractivity contribution in [2.24, 2.45) is 0 Å². The summed E-state index contributed by atoms with van der Waals surface area (Å²) in [5.41, 5.74) is 1.01.